The molecular weight excluding hydrogens is 1080 g/mol. The zero-order chi connectivity index (χ0) is 58.8. The van der Waals surface area contributed by atoms with Crippen LogP contribution >= 0.6 is 0 Å². The Balaban J connectivity index is 0.000000184. The molecule has 2 atom stereocenters. The van der Waals surface area contributed by atoms with Gasteiger partial charge in [-0.2, -0.15) is 10.2 Å². The number of carboxylic acid groups (broad SMARTS) is 2. The average Bonchev–Trinajstić information content (AvgIpc) is 3.58. The molecule has 0 spiro atoms. The van der Waals surface area contributed by atoms with Crippen molar-refractivity contribution in [2.24, 2.45) is 14.1 Å². The fourth-order valence-corrected chi connectivity index (χ4v) is 8.96. The topological polar surface area (TPSA) is 281 Å². The first-order valence-corrected chi connectivity index (χ1v) is 25.5. The highest BCUT2D eigenvalue weighted by Crippen LogP contribution is 2.30. The first-order valence-electron chi connectivity index (χ1n) is 25.5. The Hall–Kier alpha value is -9.44. The molecule has 28 heteroatoms. The standard InChI is InChI=1S/2C24H24F2N8O2.C6H10O4/c2*1-14-9-27-24(30-20-6-7-28-32(20)2)31-21(14)19-12-33-11-16(13-36-3)34(23(35)22(33)29-19)10-15-4-5-17(25)18(26)8-15;7-5(8)3-1-2-4-6(9)10/h2*4-9,12,16H,10-11,13H2,1-3H3,(H,27,30,31);1-4H2,(H,7,8)(H,9,10)/t2*16-;/m11./s1. The number of carboxylic acids is 2. The fourth-order valence-electron chi connectivity index (χ4n) is 8.96. The first-order chi connectivity index (χ1) is 39.3. The van der Waals surface area contributed by atoms with E-state index in [1.807, 2.05) is 13.8 Å². The fraction of sp³-hybridized carbons (Fsp3) is 0.333. The van der Waals surface area contributed by atoms with Gasteiger partial charge in [0.1, 0.15) is 23.0 Å². The van der Waals surface area contributed by atoms with Crippen molar-refractivity contribution in [1.29, 1.82) is 0 Å². The molecule has 430 valence electrons. The summed E-state index contributed by atoms with van der Waals surface area (Å²) >= 11 is 0. The number of aliphatic carboxylic acids is 2. The zero-order valence-corrected chi connectivity index (χ0v) is 45.4. The van der Waals surface area contributed by atoms with Gasteiger partial charge in [-0.15, -0.1) is 0 Å². The predicted molar refractivity (Wildman–Crippen MR) is 286 cm³/mol. The number of aryl methyl sites for hydroxylation is 4. The van der Waals surface area contributed by atoms with E-state index in [1.54, 1.807) is 106 Å². The van der Waals surface area contributed by atoms with Gasteiger partial charge in [-0.25, -0.2) is 47.5 Å². The molecule has 2 aliphatic rings. The van der Waals surface area contributed by atoms with E-state index in [4.69, 9.17) is 19.7 Å². The summed E-state index contributed by atoms with van der Waals surface area (Å²) < 4.78 is 71.9. The lowest BCUT2D eigenvalue weighted by atomic mass is 10.1. The minimum absolute atomic E-state index is 0.0628. The summed E-state index contributed by atoms with van der Waals surface area (Å²) in [5.74, 6) is -3.55. The quantitative estimate of drug-likeness (QED) is 0.0475. The van der Waals surface area contributed by atoms with Crippen LogP contribution in [0, 0.1) is 37.1 Å². The number of methoxy groups -OCH3 is 2. The van der Waals surface area contributed by atoms with E-state index in [1.165, 1.54) is 12.1 Å². The maximum absolute atomic E-state index is 13.8. The molecule has 2 aliphatic heterocycles. The summed E-state index contributed by atoms with van der Waals surface area (Å²) in [6.45, 7) is 5.32. The normalized spacial score (nSPS) is 14.6. The monoisotopic (exact) mass is 1130 g/mol. The lowest BCUT2D eigenvalue weighted by Crippen LogP contribution is -2.49. The summed E-state index contributed by atoms with van der Waals surface area (Å²) in [5.41, 5.74) is 4.75. The number of carbonyl (C=O) groups is 4. The van der Waals surface area contributed by atoms with Crippen LogP contribution in [0.25, 0.3) is 22.8 Å². The number of benzene rings is 2. The third-order valence-electron chi connectivity index (χ3n) is 13.1. The third kappa shape index (κ3) is 14.1. The molecule has 24 nitrogen and oxygen atoms in total. The van der Waals surface area contributed by atoms with Gasteiger partial charge in [0.2, 0.25) is 11.9 Å². The van der Waals surface area contributed by atoms with Crippen molar-refractivity contribution in [3.63, 3.8) is 0 Å². The van der Waals surface area contributed by atoms with Crippen LogP contribution in [0.3, 0.4) is 0 Å². The van der Waals surface area contributed by atoms with Crippen molar-refractivity contribution in [1.82, 2.24) is 68.4 Å². The zero-order valence-electron chi connectivity index (χ0n) is 45.4. The number of aromatic nitrogens is 12. The molecule has 0 radical (unpaired) electrons. The van der Waals surface area contributed by atoms with E-state index in [0.717, 1.165) is 47.0 Å². The maximum Gasteiger partial charge on any atom is 0.303 e. The van der Waals surface area contributed by atoms with Gasteiger partial charge in [0.05, 0.1) is 49.1 Å². The molecule has 0 unspecified atom stereocenters. The molecular formula is C54H58F4N16O8. The molecule has 6 aromatic heterocycles. The van der Waals surface area contributed by atoms with Gasteiger partial charge in [0.25, 0.3) is 11.8 Å². The Bertz CT molecular complexity index is 3370. The van der Waals surface area contributed by atoms with Crippen LogP contribution in [0.4, 0.5) is 41.1 Å². The second kappa shape index (κ2) is 26.2. The van der Waals surface area contributed by atoms with Crippen LogP contribution < -0.4 is 10.6 Å². The molecule has 0 saturated carbocycles. The molecule has 8 aromatic rings. The smallest absolute Gasteiger partial charge is 0.303 e. The van der Waals surface area contributed by atoms with Gasteiger partial charge >= 0.3 is 11.9 Å². The van der Waals surface area contributed by atoms with Crippen LogP contribution in [0.15, 0.2) is 85.7 Å². The van der Waals surface area contributed by atoms with E-state index in [-0.39, 0.29) is 74.7 Å². The van der Waals surface area contributed by atoms with Crippen molar-refractivity contribution < 1.29 is 56.4 Å². The Kier molecular flexibility index (Phi) is 18.8. The second-order valence-corrected chi connectivity index (χ2v) is 19.2. The van der Waals surface area contributed by atoms with Crippen LogP contribution in [0.5, 0.6) is 0 Å². The number of hydrogen-bond donors (Lipinski definition) is 4. The van der Waals surface area contributed by atoms with Crippen molar-refractivity contribution in [2.75, 3.05) is 38.1 Å². The van der Waals surface area contributed by atoms with Gasteiger partial charge in [-0.1, -0.05) is 12.1 Å². The predicted octanol–water partition coefficient (Wildman–Crippen LogP) is 6.87. The summed E-state index contributed by atoms with van der Waals surface area (Å²) in [5, 5.41) is 30.8. The van der Waals surface area contributed by atoms with Crippen LogP contribution in [0.2, 0.25) is 0 Å². The van der Waals surface area contributed by atoms with Crippen LogP contribution in [-0.4, -0.2) is 142 Å². The van der Waals surface area contributed by atoms with E-state index in [2.05, 4.69) is 50.7 Å². The Labute approximate surface area is 466 Å². The molecule has 8 heterocycles. The van der Waals surface area contributed by atoms with Crippen molar-refractivity contribution in [3.8, 4) is 22.8 Å². The molecule has 0 saturated heterocycles. The number of amides is 2. The SMILES string of the molecule is COC[C@H]1Cn2cc(-c3nc(Nc4ccnn4C)ncc3C)nc2C(=O)N1Cc1ccc(F)c(F)c1.COC[C@H]1Cn2cc(-c3nc(Nc4ccnn4C)ncc3C)nc2C(=O)N1Cc1ccc(F)c(F)c1.O=C(O)CCCCC(=O)O. The number of carbonyl (C=O) groups excluding carboxylic acids is 2. The van der Waals surface area contributed by atoms with Crippen LogP contribution in [-0.2, 0) is 59.3 Å². The Morgan fingerprint density at radius 3 is 1.35 bits per heavy atom. The molecule has 0 fully saturated rings. The van der Waals surface area contributed by atoms with Gasteiger partial charge in [0, 0.05) is 104 Å². The molecule has 82 heavy (non-hydrogen) atoms. The van der Waals surface area contributed by atoms with E-state index in [0.29, 0.717) is 71.7 Å². The van der Waals surface area contributed by atoms with Gasteiger partial charge < -0.3 is 49.3 Å². The summed E-state index contributed by atoms with van der Waals surface area (Å²) in [7, 11) is 6.70. The van der Waals surface area contributed by atoms with Gasteiger partial charge in [-0.3, -0.25) is 28.5 Å². The molecule has 4 N–H and O–H groups in total. The molecule has 2 aromatic carbocycles. The number of unbranched alkanes of at least 4 members (excludes halogenated alkanes) is 1. The number of halogens is 4. The number of nitrogens with one attached hydrogen (secondary N) is 2. The lowest BCUT2D eigenvalue weighted by Gasteiger charge is -2.35. The Morgan fingerprint density at radius 1 is 0.610 bits per heavy atom. The highest BCUT2D eigenvalue weighted by atomic mass is 19.2. The summed E-state index contributed by atoms with van der Waals surface area (Å²) in [4.78, 5) is 77.0. The first kappa shape index (κ1) is 58.7. The van der Waals surface area contributed by atoms with Crippen LogP contribution in [0.1, 0.15) is 69.2 Å². The lowest BCUT2D eigenvalue weighted by molar-refractivity contribution is -0.139. The number of ether oxygens (including phenoxy) is 2. The number of fused-ring (bicyclic) bond motifs is 2. The minimum Gasteiger partial charge on any atom is -0.481 e. The number of hydrogen-bond acceptors (Lipinski definition) is 16. The van der Waals surface area contributed by atoms with Gasteiger partial charge in [-0.05, 0) is 73.2 Å². The minimum atomic E-state index is -0.959. The number of nitrogens with zero attached hydrogens (tertiary/aromatic N) is 14. The number of imidazole rings is 2. The van der Waals surface area contributed by atoms with Crippen molar-refractivity contribution in [2.45, 2.75) is 77.8 Å². The van der Waals surface area contributed by atoms with E-state index >= 15 is 0 Å². The highest BCUT2D eigenvalue weighted by molar-refractivity contribution is 5.93. The third-order valence-corrected chi connectivity index (χ3v) is 13.1. The summed E-state index contributed by atoms with van der Waals surface area (Å²) in [6.07, 6.45) is 11.3. The van der Waals surface area contributed by atoms with E-state index < -0.39 is 35.2 Å². The summed E-state index contributed by atoms with van der Waals surface area (Å²) in [6, 6.07) is 10.2. The van der Waals surface area contributed by atoms with Crippen molar-refractivity contribution >= 4 is 47.3 Å². The second-order valence-electron chi connectivity index (χ2n) is 19.2. The Morgan fingerprint density at radius 2 is 1.01 bits per heavy atom. The van der Waals surface area contributed by atoms with Gasteiger partial charge in [0.15, 0.2) is 34.9 Å². The average molecular weight is 1140 g/mol. The number of anilines is 4. The molecule has 0 bridgehead atoms. The van der Waals surface area contributed by atoms with Crippen molar-refractivity contribution in [3.05, 3.63) is 143 Å². The molecule has 2 amide bonds. The molecule has 0 aliphatic carbocycles. The highest BCUT2D eigenvalue weighted by Gasteiger charge is 2.37. The maximum atomic E-state index is 13.8. The molecule has 10 rings (SSSR count). The van der Waals surface area contributed by atoms with E-state index in [9.17, 15) is 36.7 Å². The largest absolute Gasteiger partial charge is 0.481 e. The number of rotatable bonds is 19.